The van der Waals surface area contributed by atoms with Crippen molar-refractivity contribution < 1.29 is 0 Å². The Bertz CT molecular complexity index is 481. The second-order valence-corrected chi connectivity index (χ2v) is 4.79. The summed E-state index contributed by atoms with van der Waals surface area (Å²) in [5.41, 5.74) is 5.92. The summed E-state index contributed by atoms with van der Waals surface area (Å²) in [5.74, 6) is 0.843. The molecule has 0 spiro atoms. The van der Waals surface area contributed by atoms with E-state index in [1.807, 2.05) is 6.92 Å². The zero-order valence-corrected chi connectivity index (χ0v) is 8.71. The Morgan fingerprint density at radius 3 is 2.86 bits per heavy atom. The smallest absolute Gasteiger partial charge is 0.234 e. The van der Waals surface area contributed by atoms with Crippen molar-refractivity contribution >= 4 is 16.3 Å². The lowest BCUT2D eigenvalue weighted by molar-refractivity contribution is 0.674. The Hall–Kier alpha value is -1.01. The molecule has 2 heterocycles. The third-order valence-corrected chi connectivity index (χ3v) is 3.99. The van der Waals surface area contributed by atoms with Crippen LogP contribution in [0.3, 0.4) is 0 Å². The van der Waals surface area contributed by atoms with Gasteiger partial charge in [0.05, 0.1) is 0 Å². The lowest BCUT2D eigenvalue weighted by Gasteiger charge is -2.05. The molecule has 0 atom stereocenters. The zero-order chi connectivity index (χ0) is 9.76. The molecule has 6 heteroatoms. The molecule has 2 aromatic heterocycles. The second-order valence-electron chi connectivity index (χ2n) is 3.83. The molecule has 2 aromatic rings. The van der Waals surface area contributed by atoms with E-state index in [-0.39, 0.29) is 5.41 Å². The first-order chi connectivity index (χ1) is 6.75. The Labute approximate surface area is 84.9 Å². The largest absolute Gasteiger partial charge is 0.329 e. The molecule has 1 aliphatic rings. The lowest BCUT2D eigenvalue weighted by Crippen LogP contribution is -2.19. The fourth-order valence-corrected chi connectivity index (χ4v) is 2.73. The maximum Gasteiger partial charge on any atom is 0.234 e. The van der Waals surface area contributed by atoms with Gasteiger partial charge < -0.3 is 5.73 Å². The van der Waals surface area contributed by atoms with Crippen LogP contribution in [0.15, 0.2) is 0 Å². The Morgan fingerprint density at radius 1 is 1.50 bits per heavy atom. The molecule has 1 fully saturated rings. The van der Waals surface area contributed by atoms with Gasteiger partial charge in [-0.3, -0.25) is 0 Å². The van der Waals surface area contributed by atoms with Gasteiger partial charge in [0.2, 0.25) is 4.96 Å². The van der Waals surface area contributed by atoms with E-state index < -0.39 is 0 Å². The number of nitrogens with two attached hydrogens (primary N) is 1. The molecule has 0 bridgehead atoms. The number of aromatic nitrogens is 4. The minimum Gasteiger partial charge on any atom is -0.329 e. The van der Waals surface area contributed by atoms with E-state index in [0.29, 0.717) is 6.54 Å². The molecule has 0 saturated heterocycles. The highest BCUT2D eigenvalue weighted by molar-refractivity contribution is 7.16. The maximum absolute atomic E-state index is 5.75. The van der Waals surface area contributed by atoms with Gasteiger partial charge >= 0.3 is 0 Å². The lowest BCUT2D eigenvalue weighted by atomic mass is 10.1. The maximum atomic E-state index is 5.75. The second kappa shape index (κ2) is 2.52. The van der Waals surface area contributed by atoms with Crippen molar-refractivity contribution in [3.05, 3.63) is 10.8 Å². The standard InChI is InChI=1S/C8H11N5S/c1-5-10-11-7-13(5)12-6(14-7)8(4-9)2-3-8/h2-4,9H2,1H3. The molecular weight excluding hydrogens is 198 g/mol. The molecule has 74 valence electrons. The summed E-state index contributed by atoms with van der Waals surface area (Å²) in [5, 5.41) is 13.6. The van der Waals surface area contributed by atoms with Crippen LogP contribution in [0.2, 0.25) is 0 Å². The van der Waals surface area contributed by atoms with E-state index in [2.05, 4.69) is 15.3 Å². The van der Waals surface area contributed by atoms with Crippen LogP contribution in [0.25, 0.3) is 4.96 Å². The molecule has 0 aromatic carbocycles. The number of nitrogens with zero attached hydrogens (tertiary/aromatic N) is 4. The van der Waals surface area contributed by atoms with Crippen molar-refractivity contribution in [3.63, 3.8) is 0 Å². The van der Waals surface area contributed by atoms with Gasteiger partial charge in [0.15, 0.2) is 5.82 Å². The fraction of sp³-hybridized carbons (Fsp3) is 0.625. The predicted octanol–water partition coefficient (Wildman–Crippen LogP) is 0.485. The summed E-state index contributed by atoms with van der Waals surface area (Å²) >= 11 is 1.61. The molecule has 0 unspecified atom stereocenters. The minimum atomic E-state index is 0.164. The molecule has 1 saturated carbocycles. The average molecular weight is 209 g/mol. The third kappa shape index (κ3) is 0.949. The van der Waals surface area contributed by atoms with Crippen LogP contribution >= 0.6 is 11.3 Å². The average Bonchev–Trinajstić information content (AvgIpc) is 2.76. The molecule has 0 radical (unpaired) electrons. The van der Waals surface area contributed by atoms with Gasteiger partial charge in [-0.2, -0.15) is 9.61 Å². The van der Waals surface area contributed by atoms with Crippen molar-refractivity contribution in [3.8, 4) is 0 Å². The topological polar surface area (TPSA) is 69.1 Å². The molecular formula is C8H11N5S. The highest BCUT2D eigenvalue weighted by Crippen LogP contribution is 2.48. The first kappa shape index (κ1) is 8.31. The van der Waals surface area contributed by atoms with Crippen LogP contribution in [-0.2, 0) is 5.41 Å². The summed E-state index contributed by atoms with van der Waals surface area (Å²) in [4.78, 5) is 0.872. The van der Waals surface area contributed by atoms with E-state index in [9.17, 15) is 0 Å². The first-order valence-corrected chi connectivity index (χ1v) is 5.46. The van der Waals surface area contributed by atoms with Crippen molar-refractivity contribution in [2.24, 2.45) is 5.73 Å². The van der Waals surface area contributed by atoms with E-state index in [1.54, 1.807) is 15.9 Å². The molecule has 14 heavy (non-hydrogen) atoms. The highest BCUT2D eigenvalue weighted by atomic mass is 32.1. The Kier molecular flexibility index (Phi) is 1.49. The van der Waals surface area contributed by atoms with Crippen molar-refractivity contribution in [2.45, 2.75) is 25.2 Å². The van der Waals surface area contributed by atoms with Crippen molar-refractivity contribution in [1.82, 2.24) is 19.8 Å². The van der Waals surface area contributed by atoms with Crippen molar-refractivity contribution in [1.29, 1.82) is 0 Å². The Balaban J connectivity index is 2.15. The normalized spacial score (nSPS) is 19.0. The fourth-order valence-electron chi connectivity index (χ4n) is 1.59. The van der Waals surface area contributed by atoms with Gasteiger partial charge in [-0.1, -0.05) is 11.3 Å². The van der Waals surface area contributed by atoms with Gasteiger partial charge in [0.1, 0.15) is 5.01 Å². The molecule has 0 amide bonds. The van der Waals surface area contributed by atoms with E-state index in [4.69, 9.17) is 5.73 Å². The third-order valence-electron chi connectivity index (χ3n) is 2.84. The highest BCUT2D eigenvalue weighted by Gasteiger charge is 2.46. The van der Waals surface area contributed by atoms with Crippen LogP contribution < -0.4 is 5.73 Å². The van der Waals surface area contributed by atoms with Crippen LogP contribution in [0.4, 0.5) is 0 Å². The van der Waals surface area contributed by atoms with Gasteiger partial charge in [-0.05, 0) is 19.8 Å². The summed E-state index contributed by atoms with van der Waals surface area (Å²) in [6, 6.07) is 0. The number of hydrogen-bond donors (Lipinski definition) is 1. The van der Waals surface area contributed by atoms with E-state index in [1.165, 1.54) is 0 Å². The predicted molar refractivity (Wildman–Crippen MR) is 53.4 cm³/mol. The summed E-state index contributed by atoms with van der Waals surface area (Å²) < 4.78 is 1.80. The summed E-state index contributed by atoms with van der Waals surface area (Å²) in [6.07, 6.45) is 2.32. The number of aryl methyl sites for hydroxylation is 1. The number of hydrogen-bond acceptors (Lipinski definition) is 5. The number of rotatable bonds is 2. The monoisotopic (exact) mass is 209 g/mol. The van der Waals surface area contributed by atoms with Crippen LogP contribution in [-0.4, -0.2) is 26.4 Å². The van der Waals surface area contributed by atoms with E-state index in [0.717, 1.165) is 28.6 Å². The molecule has 2 N–H and O–H groups in total. The quantitative estimate of drug-likeness (QED) is 0.781. The van der Waals surface area contributed by atoms with Gasteiger partial charge in [-0.15, -0.1) is 10.2 Å². The molecule has 3 rings (SSSR count). The zero-order valence-electron chi connectivity index (χ0n) is 7.90. The van der Waals surface area contributed by atoms with Crippen LogP contribution in [0.1, 0.15) is 23.7 Å². The van der Waals surface area contributed by atoms with Gasteiger partial charge in [0, 0.05) is 12.0 Å². The minimum absolute atomic E-state index is 0.164. The van der Waals surface area contributed by atoms with Crippen LogP contribution in [0.5, 0.6) is 0 Å². The molecule has 1 aliphatic carbocycles. The molecule has 5 nitrogen and oxygen atoms in total. The van der Waals surface area contributed by atoms with Gasteiger partial charge in [-0.25, -0.2) is 0 Å². The molecule has 0 aliphatic heterocycles. The number of fused-ring (bicyclic) bond motifs is 1. The first-order valence-electron chi connectivity index (χ1n) is 4.65. The van der Waals surface area contributed by atoms with E-state index >= 15 is 0 Å². The summed E-state index contributed by atoms with van der Waals surface area (Å²) in [6.45, 7) is 2.60. The summed E-state index contributed by atoms with van der Waals surface area (Å²) in [7, 11) is 0. The van der Waals surface area contributed by atoms with Gasteiger partial charge in [0.25, 0.3) is 0 Å². The SMILES string of the molecule is Cc1nnc2sc(C3(CN)CC3)nn12. The van der Waals surface area contributed by atoms with Crippen LogP contribution in [0, 0.1) is 6.92 Å². The Morgan fingerprint density at radius 2 is 2.29 bits per heavy atom. The van der Waals surface area contributed by atoms with Crippen molar-refractivity contribution in [2.75, 3.05) is 6.54 Å².